The predicted molar refractivity (Wildman–Crippen MR) is 102 cm³/mol. The SMILES string of the molecule is CCOC(=O)C1CCc2ccc(OCCCOCc3ccccc3)cc2O1. The van der Waals surface area contributed by atoms with Crippen molar-refractivity contribution in [2.75, 3.05) is 19.8 Å². The molecule has 3 rings (SSSR count). The van der Waals surface area contributed by atoms with E-state index < -0.39 is 6.10 Å². The predicted octanol–water partition coefficient (Wildman–Crippen LogP) is 3.93. The lowest BCUT2D eigenvalue weighted by Crippen LogP contribution is -2.32. The average molecular weight is 370 g/mol. The maximum absolute atomic E-state index is 11.9. The van der Waals surface area contributed by atoms with Crippen LogP contribution < -0.4 is 9.47 Å². The molecular formula is C22H26O5. The fourth-order valence-corrected chi connectivity index (χ4v) is 2.96. The molecule has 0 aromatic heterocycles. The van der Waals surface area contributed by atoms with Crippen LogP contribution in [0.5, 0.6) is 11.5 Å². The van der Waals surface area contributed by atoms with Gasteiger partial charge in [0.2, 0.25) is 0 Å². The van der Waals surface area contributed by atoms with E-state index in [4.69, 9.17) is 18.9 Å². The van der Waals surface area contributed by atoms with Crippen LogP contribution in [0.15, 0.2) is 48.5 Å². The van der Waals surface area contributed by atoms with Crippen molar-refractivity contribution in [2.45, 2.75) is 38.9 Å². The third-order valence-corrected chi connectivity index (χ3v) is 4.35. The van der Waals surface area contributed by atoms with Crippen molar-refractivity contribution >= 4 is 5.97 Å². The minimum Gasteiger partial charge on any atom is -0.493 e. The third kappa shape index (κ3) is 5.73. The zero-order valence-electron chi connectivity index (χ0n) is 15.7. The number of aryl methyl sites for hydroxylation is 1. The first-order valence-corrected chi connectivity index (χ1v) is 9.47. The lowest BCUT2D eigenvalue weighted by Gasteiger charge is -2.25. The molecule has 0 saturated carbocycles. The van der Waals surface area contributed by atoms with Gasteiger partial charge in [0.05, 0.1) is 26.4 Å². The van der Waals surface area contributed by atoms with Crippen molar-refractivity contribution in [1.29, 1.82) is 0 Å². The summed E-state index contributed by atoms with van der Waals surface area (Å²) in [5.74, 6) is 1.14. The Kier molecular flexibility index (Phi) is 7.11. The number of hydrogen-bond acceptors (Lipinski definition) is 5. The Balaban J connectivity index is 1.41. The van der Waals surface area contributed by atoms with Crippen molar-refractivity contribution < 1.29 is 23.7 Å². The van der Waals surface area contributed by atoms with Gasteiger partial charge in [0.15, 0.2) is 6.10 Å². The fraction of sp³-hybridized carbons (Fsp3) is 0.409. The molecule has 1 unspecified atom stereocenters. The van der Waals surface area contributed by atoms with Gasteiger partial charge in [-0.05, 0) is 37.0 Å². The number of carbonyl (C=O) groups excluding carboxylic acids is 1. The van der Waals surface area contributed by atoms with Crippen LogP contribution >= 0.6 is 0 Å². The zero-order chi connectivity index (χ0) is 18.9. The van der Waals surface area contributed by atoms with Crippen molar-refractivity contribution in [1.82, 2.24) is 0 Å². The molecule has 0 spiro atoms. The first kappa shape index (κ1) is 19.2. The van der Waals surface area contributed by atoms with Gasteiger partial charge in [0.1, 0.15) is 11.5 Å². The number of benzene rings is 2. The number of hydrogen-bond donors (Lipinski definition) is 0. The lowest BCUT2D eigenvalue weighted by molar-refractivity contribution is -0.152. The Morgan fingerprint density at radius 2 is 2.00 bits per heavy atom. The summed E-state index contributed by atoms with van der Waals surface area (Å²) >= 11 is 0. The molecule has 5 heteroatoms. The second-order valence-electron chi connectivity index (χ2n) is 6.41. The van der Waals surface area contributed by atoms with E-state index in [1.54, 1.807) is 6.92 Å². The molecule has 0 radical (unpaired) electrons. The summed E-state index contributed by atoms with van der Waals surface area (Å²) in [7, 11) is 0. The molecule has 2 aromatic rings. The molecule has 0 amide bonds. The molecule has 0 N–H and O–H groups in total. The van der Waals surface area contributed by atoms with Crippen molar-refractivity contribution in [3.63, 3.8) is 0 Å². The first-order valence-electron chi connectivity index (χ1n) is 9.47. The molecule has 144 valence electrons. The molecule has 2 aromatic carbocycles. The molecule has 27 heavy (non-hydrogen) atoms. The average Bonchev–Trinajstić information content (AvgIpc) is 2.71. The van der Waals surface area contributed by atoms with Gasteiger partial charge in [0.25, 0.3) is 0 Å². The summed E-state index contributed by atoms with van der Waals surface area (Å²) in [6.07, 6.45) is 1.71. The highest BCUT2D eigenvalue weighted by Gasteiger charge is 2.27. The number of ether oxygens (including phenoxy) is 4. The van der Waals surface area contributed by atoms with Crippen LogP contribution in [0.25, 0.3) is 0 Å². The van der Waals surface area contributed by atoms with Gasteiger partial charge < -0.3 is 18.9 Å². The number of fused-ring (bicyclic) bond motifs is 1. The molecule has 0 saturated heterocycles. The monoisotopic (exact) mass is 370 g/mol. The largest absolute Gasteiger partial charge is 0.493 e. The Hall–Kier alpha value is -2.53. The Bertz CT molecular complexity index is 729. The second kappa shape index (κ2) is 9.97. The number of carbonyl (C=O) groups is 1. The molecular weight excluding hydrogens is 344 g/mol. The normalized spacial score (nSPS) is 15.5. The lowest BCUT2D eigenvalue weighted by atomic mass is 10.0. The summed E-state index contributed by atoms with van der Waals surface area (Å²) in [5.41, 5.74) is 2.26. The highest BCUT2D eigenvalue weighted by molar-refractivity contribution is 5.75. The van der Waals surface area contributed by atoms with Crippen molar-refractivity contribution in [3.8, 4) is 11.5 Å². The maximum atomic E-state index is 11.9. The molecule has 1 aliphatic rings. The van der Waals surface area contributed by atoms with Gasteiger partial charge in [-0.15, -0.1) is 0 Å². The topological polar surface area (TPSA) is 54.0 Å². The number of rotatable bonds is 9. The Morgan fingerprint density at radius 1 is 1.15 bits per heavy atom. The van der Waals surface area contributed by atoms with E-state index in [0.29, 0.717) is 38.6 Å². The Morgan fingerprint density at radius 3 is 2.81 bits per heavy atom. The standard InChI is InChI=1S/C22H26O5/c1-2-25-22(23)20-12-10-18-9-11-19(15-21(18)27-20)26-14-6-13-24-16-17-7-4-3-5-8-17/h3-5,7-9,11,15,20H,2,6,10,12-14,16H2,1H3. The van der Waals surface area contributed by atoms with E-state index in [2.05, 4.69) is 0 Å². The first-order chi connectivity index (χ1) is 13.3. The van der Waals surface area contributed by atoms with Gasteiger partial charge in [-0.25, -0.2) is 4.79 Å². The molecule has 1 heterocycles. The summed E-state index contributed by atoms with van der Waals surface area (Å²) in [5, 5.41) is 0. The summed E-state index contributed by atoms with van der Waals surface area (Å²) in [6.45, 7) is 3.98. The molecule has 1 aliphatic heterocycles. The Labute approximate surface area is 160 Å². The zero-order valence-corrected chi connectivity index (χ0v) is 15.7. The highest BCUT2D eigenvalue weighted by atomic mass is 16.6. The van der Waals surface area contributed by atoms with Crippen LogP contribution in [0.3, 0.4) is 0 Å². The van der Waals surface area contributed by atoms with Gasteiger partial charge >= 0.3 is 5.97 Å². The van der Waals surface area contributed by atoms with E-state index >= 15 is 0 Å². The van der Waals surface area contributed by atoms with Crippen molar-refractivity contribution in [3.05, 3.63) is 59.7 Å². The van der Waals surface area contributed by atoms with Crippen molar-refractivity contribution in [2.24, 2.45) is 0 Å². The van der Waals surface area contributed by atoms with Gasteiger partial charge in [-0.2, -0.15) is 0 Å². The maximum Gasteiger partial charge on any atom is 0.347 e. The van der Waals surface area contributed by atoms with E-state index in [1.165, 1.54) is 5.56 Å². The minimum atomic E-state index is -0.529. The smallest absolute Gasteiger partial charge is 0.347 e. The van der Waals surface area contributed by atoms with Crippen LogP contribution in [0.4, 0.5) is 0 Å². The molecule has 0 fully saturated rings. The van der Waals surface area contributed by atoms with Crippen LogP contribution in [0.1, 0.15) is 30.9 Å². The van der Waals surface area contributed by atoms with Gasteiger partial charge in [-0.3, -0.25) is 0 Å². The van der Waals surface area contributed by atoms with Crippen LogP contribution in [-0.2, 0) is 27.3 Å². The molecule has 1 atom stereocenters. The van der Waals surface area contributed by atoms with E-state index in [9.17, 15) is 4.79 Å². The highest BCUT2D eigenvalue weighted by Crippen LogP contribution is 2.31. The fourth-order valence-electron chi connectivity index (χ4n) is 2.96. The van der Waals surface area contributed by atoms with Crippen LogP contribution in [0.2, 0.25) is 0 Å². The summed E-state index contributed by atoms with van der Waals surface area (Å²) in [6, 6.07) is 15.9. The quantitative estimate of drug-likeness (QED) is 0.494. The van der Waals surface area contributed by atoms with Gasteiger partial charge in [-0.1, -0.05) is 36.4 Å². The molecule has 0 aliphatic carbocycles. The second-order valence-corrected chi connectivity index (χ2v) is 6.41. The molecule has 0 bridgehead atoms. The number of esters is 1. The molecule has 5 nitrogen and oxygen atoms in total. The van der Waals surface area contributed by atoms with E-state index in [-0.39, 0.29) is 5.97 Å². The van der Waals surface area contributed by atoms with E-state index in [1.807, 2.05) is 48.5 Å². The van der Waals surface area contributed by atoms with Gasteiger partial charge in [0, 0.05) is 12.5 Å². The van der Waals surface area contributed by atoms with E-state index in [0.717, 1.165) is 24.2 Å². The summed E-state index contributed by atoms with van der Waals surface area (Å²) < 4.78 is 22.3. The summed E-state index contributed by atoms with van der Waals surface area (Å²) in [4.78, 5) is 11.9. The third-order valence-electron chi connectivity index (χ3n) is 4.35. The van der Waals surface area contributed by atoms with Crippen LogP contribution in [-0.4, -0.2) is 31.9 Å². The van der Waals surface area contributed by atoms with Crippen LogP contribution in [0, 0.1) is 0 Å². The minimum absolute atomic E-state index is 0.301.